The number of nitrogens with zero attached hydrogens (tertiary/aromatic N) is 4. The average molecular weight is 342 g/mol. The molecule has 2 atom stereocenters. The summed E-state index contributed by atoms with van der Waals surface area (Å²) in [6.07, 6.45) is 9.40. The second kappa shape index (κ2) is 6.89. The molecule has 0 N–H and O–H groups in total. The second-order valence-electron chi connectivity index (χ2n) is 6.55. The maximum atomic E-state index is 13.2. The molecule has 0 radical (unpaired) electrons. The normalized spacial score (nSPS) is 24.3. The van der Waals surface area contributed by atoms with Gasteiger partial charge in [0.2, 0.25) is 5.91 Å². The molecule has 1 amide bonds. The number of rotatable bonds is 3. The number of carbonyl (C=O) groups is 1. The summed E-state index contributed by atoms with van der Waals surface area (Å²) in [5.41, 5.74) is 0. The Balaban J connectivity index is 1.47. The van der Waals surface area contributed by atoms with Crippen LogP contribution in [-0.4, -0.2) is 40.4 Å². The first kappa shape index (κ1) is 15.6. The number of thiophene rings is 1. The lowest BCUT2D eigenvalue weighted by molar-refractivity contribution is -0.136. The molecular formula is C18H22N4OS. The molecule has 2 aliphatic rings. The van der Waals surface area contributed by atoms with Crippen LogP contribution in [0.5, 0.6) is 0 Å². The predicted octanol–water partition coefficient (Wildman–Crippen LogP) is 3.12. The number of aromatic nitrogens is 2. The van der Waals surface area contributed by atoms with Gasteiger partial charge < -0.3 is 9.80 Å². The van der Waals surface area contributed by atoms with Crippen LogP contribution in [0.25, 0.3) is 0 Å². The minimum atomic E-state index is 0.0707. The van der Waals surface area contributed by atoms with E-state index in [1.54, 1.807) is 29.9 Å². The summed E-state index contributed by atoms with van der Waals surface area (Å²) in [5.74, 6) is 1.27. The Bertz CT molecular complexity index is 676. The van der Waals surface area contributed by atoms with E-state index in [0.717, 1.165) is 51.1 Å². The van der Waals surface area contributed by atoms with Crippen LogP contribution >= 0.6 is 11.3 Å². The van der Waals surface area contributed by atoms with E-state index in [-0.39, 0.29) is 12.0 Å². The van der Waals surface area contributed by atoms with Gasteiger partial charge in [-0.3, -0.25) is 9.78 Å². The smallest absolute Gasteiger partial charge is 0.228 e. The molecule has 2 saturated heterocycles. The maximum Gasteiger partial charge on any atom is 0.228 e. The van der Waals surface area contributed by atoms with Crippen molar-refractivity contribution in [1.82, 2.24) is 14.9 Å². The van der Waals surface area contributed by atoms with Crippen molar-refractivity contribution in [3.8, 4) is 0 Å². The fourth-order valence-electron chi connectivity index (χ4n) is 3.88. The van der Waals surface area contributed by atoms with E-state index < -0.39 is 0 Å². The first-order valence-electron chi connectivity index (χ1n) is 8.68. The molecule has 0 aliphatic carbocycles. The van der Waals surface area contributed by atoms with Crippen molar-refractivity contribution >= 4 is 23.1 Å². The third-order valence-corrected chi connectivity index (χ3v) is 6.03. The minimum absolute atomic E-state index is 0.0707. The molecule has 2 aliphatic heterocycles. The van der Waals surface area contributed by atoms with E-state index in [0.29, 0.717) is 5.91 Å². The number of anilines is 1. The summed E-state index contributed by atoms with van der Waals surface area (Å²) in [5, 5.41) is 2.10. The molecule has 2 aromatic heterocycles. The molecule has 0 bridgehead atoms. The minimum Gasteiger partial charge on any atom is -0.355 e. The van der Waals surface area contributed by atoms with Crippen LogP contribution in [0.15, 0.2) is 36.1 Å². The number of likely N-dealkylation sites (tertiary alicyclic amines) is 1. The van der Waals surface area contributed by atoms with Crippen LogP contribution in [0.4, 0.5) is 5.82 Å². The van der Waals surface area contributed by atoms with E-state index in [1.807, 2.05) is 0 Å². The van der Waals surface area contributed by atoms with E-state index in [2.05, 4.69) is 37.3 Å². The Morgan fingerprint density at radius 3 is 2.92 bits per heavy atom. The zero-order valence-corrected chi connectivity index (χ0v) is 14.5. The lowest BCUT2D eigenvalue weighted by Gasteiger charge is -2.35. The summed E-state index contributed by atoms with van der Waals surface area (Å²) < 4.78 is 0. The highest BCUT2D eigenvalue weighted by atomic mass is 32.1. The fourth-order valence-corrected chi connectivity index (χ4v) is 4.76. The highest BCUT2D eigenvalue weighted by molar-refractivity contribution is 7.10. The molecule has 2 aromatic rings. The molecule has 6 heteroatoms. The van der Waals surface area contributed by atoms with E-state index in [4.69, 9.17) is 0 Å². The molecule has 0 aromatic carbocycles. The number of hydrogen-bond donors (Lipinski definition) is 0. The van der Waals surface area contributed by atoms with Crippen molar-refractivity contribution in [2.75, 3.05) is 24.5 Å². The quantitative estimate of drug-likeness (QED) is 0.860. The molecule has 5 nitrogen and oxygen atoms in total. The Morgan fingerprint density at radius 2 is 2.12 bits per heavy atom. The van der Waals surface area contributed by atoms with Gasteiger partial charge in [-0.2, -0.15) is 0 Å². The zero-order chi connectivity index (χ0) is 16.4. The third-order valence-electron chi connectivity index (χ3n) is 5.05. The van der Waals surface area contributed by atoms with Gasteiger partial charge in [0.05, 0.1) is 18.2 Å². The molecule has 0 spiro atoms. The molecule has 0 unspecified atom stereocenters. The highest BCUT2D eigenvalue weighted by Crippen LogP contribution is 2.36. The van der Waals surface area contributed by atoms with Gasteiger partial charge in [-0.15, -0.1) is 11.3 Å². The van der Waals surface area contributed by atoms with Crippen molar-refractivity contribution in [3.05, 3.63) is 41.0 Å². The Kier molecular flexibility index (Phi) is 4.47. The maximum absolute atomic E-state index is 13.2. The predicted molar refractivity (Wildman–Crippen MR) is 95.0 cm³/mol. The van der Waals surface area contributed by atoms with Crippen LogP contribution in [0.2, 0.25) is 0 Å². The van der Waals surface area contributed by atoms with Gasteiger partial charge in [0.15, 0.2) is 0 Å². The SMILES string of the molecule is O=C([C@@H]1CCCN(c2cnccn2)C1)N1CCC[C@H]1c1cccs1. The number of amides is 1. The van der Waals surface area contributed by atoms with Gasteiger partial charge in [0.25, 0.3) is 0 Å². The topological polar surface area (TPSA) is 49.3 Å². The second-order valence-corrected chi connectivity index (χ2v) is 7.53. The average Bonchev–Trinajstić information content (AvgIpc) is 3.33. The number of carbonyl (C=O) groups excluding carboxylic acids is 1. The van der Waals surface area contributed by atoms with E-state index in [1.165, 1.54) is 4.88 Å². The molecule has 126 valence electrons. The molecule has 4 heterocycles. The van der Waals surface area contributed by atoms with Gasteiger partial charge in [0.1, 0.15) is 5.82 Å². The summed E-state index contributed by atoms with van der Waals surface area (Å²) in [4.78, 5) is 27.3. The lowest BCUT2D eigenvalue weighted by Crippen LogP contribution is -2.44. The van der Waals surface area contributed by atoms with Gasteiger partial charge in [0, 0.05) is 36.9 Å². The number of piperidine rings is 1. The Morgan fingerprint density at radius 1 is 1.21 bits per heavy atom. The molecular weight excluding hydrogens is 320 g/mol. The Hall–Kier alpha value is -1.95. The third kappa shape index (κ3) is 3.02. The van der Waals surface area contributed by atoms with Crippen LogP contribution < -0.4 is 4.90 Å². The van der Waals surface area contributed by atoms with Crippen LogP contribution in [0, 0.1) is 5.92 Å². The molecule has 2 fully saturated rings. The molecule has 4 rings (SSSR count). The molecule has 24 heavy (non-hydrogen) atoms. The van der Waals surface area contributed by atoms with Crippen molar-refractivity contribution in [2.24, 2.45) is 5.92 Å². The standard InChI is InChI=1S/C18H22N4OS/c23-18(22-10-2-5-15(22)16-6-3-11-24-16)14-4-1-9-21(13-14)17-12-19-7-8-20-17/h3,6-8,11-12,14-15H,1-2,4-5,9-10,13H2/t14-,15+/m1/s1. The van der Waals surface area contributed by atoms with Crippen LogP contribution in [-0.2, 0) is 4.79 Å². The highest BCUT2D eigenvalue weighted by Gasteiger charge is 2.36. The van der Waals surface area contributed by atoms with Gasteiger partial charge >= 0.3 is 0 Å². The first-order chi connectivity index (χ1) is 11.8. The zero-order valence-electron chi connectivity index (χ0n) is 13.7. The van der Waals surface area contributed by atoms with Crippen LogP contribution in [0.1, 0.15) is 36.6 Å². The monoisotopic (exact) mass is 342 g/mol. The van der Waals surface area contributed by atoms with Crippen LogP contribution in [0.3, 0.4) is 0 Å². The van der Waals surface area contributed by atoms with E-state index >= 15 is 0 Å². The van der Waals surface area contributed by atoms with Gasteiger partial charge in [-0.1, -0.05) is 6.07 Å². The fraction of sp³-hybridized carbons (Fsp3) is 0.500. The van der Waals surface area contributed by atoms with Crippen molar-refractivity contribution in [1.29, 1.82) is 0 Å². The summed E-state index contributed by atoms with van der Waals surface area (Å²) in [6, 6.07) is 4.52. The molecule has 0 saturated carbocycles. The summed E-state index contributed by atoms with van der Waals surface area (Å²) >= 11 is 1.76. The van der Waals surface area contributed by atoms with Gasteiger partial charge in [-0.25, -0.2) is 4.98 Å². The van der Waals surface area contributed by atoms with Crippen molar-refractivity contribution in [2.45, 2.75) is 31.7 Å². The number of hydrogen-bond acceptors (Lipinski definition) is 5. The van der Waals surface area contributed by atoms with Crippen molar-refractivity contribution < 1.29 is 4.79 Å². The first-order valence-corrected chi connectivity index (χ1v) is 9.56. The van der Waals surface area contributed by atoms with Gasteiger partial charge in [-0.05, 0) is 37.1 Å². The lowest BCUT2D eigenvalue weighted by atomic mass is 9.96. The Labute approximate surface area is 146 Å². The summed E-state index contributed by atoms with van der Waals surface area (Å²) in [6.45, 7) is 2.60. The summed E-state index contributed by atoms with van der Waals surface area (Å²) in [7, 11) is 0. The van der Waals surface area contributed by atoms with Crippen molar-refractivity contribution in [3.63, 3.8) is 0 Å². The largest absolute Gasteiger partial charge is 0.355 e. The van der Waals surface area contributed by atoms with E-state index in [9.17, 15) is 4.79 Å².